The van der Waals surface area contributed by atoms with Crippen molar-refractivity contribution in [1.82, 2.24) is 5.32 Å². The smallest absolute Gasteiger partial charge is 0.258 e. The molecule has 0 fully saturated rings. The first kappa shape index (κ1) is 30.3. The zero-order valence-electron chi connectivity index (χ0n) is 21.9. The first-order chi connectivity index (χ1) is 14.6. The Balaban J connectivity index is 4.42. The van der Waals surface area contributed by atoms with Gasteiger partial charge < -0.3 is 10.1 Å². The SMILES string of the molecule is CCCCCCCCCCCCOC(=S)NC(CCCC)(CC(C)C)N=NC(C)(C)C. The second-order valence-corrected chi connectivity index (χ2v) is 10.9. The second kappa shape index (κ2) is 17.8. The molecule has 5 heteroatoms. The average Bonchev–Trinajstić information content (AvgIpc) is 2.68. The monoisotopic (exact) mass is 455 g/mol. The summed E-state index contributed by atoms with van der Waals surface area (Å²) in [5, 5.41) is 13.3. The molecule has 0 aromatic carbocycles. The van der Waals surface area contributed by atoms with E-state index in [0.717, 1.165) is 32.1 Å². The minimum Gasteiger partial charge on any atom is -0.471 e. The van der Waals surface area contributed by atoms with E-state index in [-0.39, 0.29) is 5.54 Å². The minimum atomic E-state index is -0.466. The third kappa shape index (κ3) is 18.6. The molecule has 0 aromatic heterocycles. The molecule has 1 unspecified atom stereocenters. The molecule has 1 atom stereocenters. The molecule has 1 N–H and O–H groups in total. The predicted octanol–water partition coefficient (Wildman–Crippen LogP) is 8.98. The number of unbranched alkanes of at least 4 members (excludes halogenated alkanes) is 10. The Bertz CT molecular complexity index is 474. The van der Waals surface area contributed by atoms with Crippen molar-refractivity contribution in [2.24, 2.45) is 16.1 Å². The summed E-state index contributed by atoms with van der Waals surface area (Å²) in [4.78, 5) is 0. The van der Waals surface area contributed by atoms with Gasteiger partial charge in [-0.1, -0.05) is 91.9 Å². The van der Waals surface area contributed by atoms with Gasteiger partial charge in [-0.3, -0.25) is 0 Å². The fourth-order valence-corrected chi connectivity index (χ4v) is 3.98. The highest BCUT2D eigenvalue weighted by molar-refractivity contribution is 7.80. The topological polar surface area (TPSA) is 46.0 Å². The number of thiocarbonyl (C=S) groups is 1. The van der Waals surface area contributed by atoms with Crippen LogP contribution in [0.4, 0.5) is 0 Å². The molecule has 0 spiro atoms. The molecule has 0 bridgehead atoms. The molecule has 0 rings (SSSR count). The van der Waals surface area contributed by atoms with Gasteiger partial charge in [0.15, 0.2) is 5.66 Å². The van der Waals surface area contributed by atoms with Crippen LogP contribution in [0.1, 0.15) is 138 Å². The number of nitrogens with zero attached hydrogens (tertiary/aromatic N) is 2. The van der Waals surface area contributed by atoms with Crippen LogP contribution in [0.25, 0.3) is 0 Å². The van der Waals surface area contributed by atoms with Gasteiger partial charge in [0.25, 0.3) is 5.17 Å². The summed E-state index contributed by atoms with van der Waals surface area (Å²) in [7, 11) is 0. The summed E-state index contributed by atoms with van der Waals surface area (Å²) in [6, 6.07) is 0. The molecular formula is C26H53N3OS. The van der Waals surface area contributed by atoms with Crippen LogP contribution in [-0.2, 0) is 4.74 Å². The van der Waals surface area contributed by atoms with Crippen molar-refractivity contribution in [3.05, 3.63) is 0 Å². The van der Waals surface area contributed by atoms with Gasteiger partial charge in [0.1, 0.15) is 0 Å². The standard InChI is InChI=1S/C26H53N3OS/c1-8-10-12-13-14-15-16-17-18-19-21-30-24(31)27-26(20-11-9-2,22-23(3)4)29-28-25(5,6)7/h23H,8-22H2,1-7H3,(H,27,31). The van der Waals surface area contributed by atoms with Gasteiger partial charge in [-0.25, -0.2) is 0 Å². The van der Waals surface area contributed by atoms with Crippen molar-refractivity contribution in [3.8, 4) is 0 Å². The van der Waals surface area contributed by atoms with Gasteiger partial charge in [0, 0.05) is 0 Å². The van der Waals surface area contributed by atoms with Crippen LogP contribution in [0.3, 0.4) is 0 Å². The molecule has 4 nitrogen and oxygen atoms in total. The molecule has 0 aliphatic carbocycles. The molecule has 0 aliphatic heterocycles. The zero-order chi connectivity index (χ0) is 23.6. The highest BCUT2D eigenvalue weighted by atomic mass is 32.1. The van der Waals surface area contributed by atoms with Crippen LogP contribution in [0.15, 0.2) is 10.2 Å². The Labute approximate surface area is 199 Å². The molecule has 184 valence electrons. The Morgan fingerprint density at radius 3 is 1.81 bits per heavy atom. The molecular weight excluding hydrogens is 402 g/mol. The van der Waals surface area contributed by atoms with Crippen LogP contribution in [-0.4, -0.2) is 23.0 Å². The highest BCUT2D eigenvalue weighted by Crippen LogP contribution is 2.27. The van der Waals surface area contributed by atoms with E-state index < -0.39 is 5.66 Å². The zero-order valence-corrected chi connectivity index (χ0v) is 22.7. The lowest BCUT2D eigenvalue weighted by Crippen LogP contribution is -2.48. The highest BCUT2D eigenvalue weighted by Gasteiger charge is 2.32. The van der Waals surface area contributed by atoms with Gasteiger partial charge >= 0.3 is 0 Å². The van der Waals surface area contributed by atoms with Crippen LogP contribution >= 0.6 is 12.2 Å². The van der Waals surface area contributed by atoms with Gasteiger partial charge in [-0.05, 0) is 64.6 Å². The fourth-order valence-electron chi connectivity index (χ4n) is 3.70. The quantitative estimate of drug-likeness (QED) is 0.127. The van der Waals surface area contributed by atoms with Gasteiger partial charge in [-0.2, -0.15) is 10.2 Å². The molecule has 0 radical (unpaired) electrons. The first-order valence-corrected chi connectivity index (χ1v) is 13.4. The van der Waals surface area contributed by atoms with Crippen molar-refractivity contribution in [3.63, 3.8) is 0 Å². The lowest BCUT2D eigenvalue weighted by atomic mass is 9.93. The van der Waals surface area contributed by atoms with E-state index in [1.54, 1.807) is 0 Å². The van der Waals surface area contributed by atoms with Crippen molar-refractivity contribution in [2.75, 3.05) is 6.61 Å². The lowest BCUT2D eigenvalue weighted by molar-refractivity contribution is 0.226. The van der Waals surface area contributed by atoms with E-state index in [2.05, 4.69) is 58.9 Å². The number of hydrogen-bond acceptors (Lipinski definition) is 4. The largest absolute Gasteiger partial charge is 0.471 e. The molecule has 0 heterocycles. The predicted molar refractivity (Wildman–Crippen MR) is 140 cm³/mol. The van der Waals surface area contributed by atoms with Gasteiger partial charge in [0.05, 0.1) is 12.1 Å². The molecule has 0 aliphatic rings. The van der Waals surface area contributed by atoms with Crippen LogP contribution in [0, 0.1) is 5.92 Å². The van der Waals surface area contributed by atoms with E-state index >= 15 is 0 Å². The Kier molecular flexibility index (Phi) is 17.4. The molecule has 31 heavy (non-hydrogen) atoms. The normalized spacial score (nSPS) is 14.2. The maximum Gasteiger partial charge on any atom is 0.258 e. The Morgan fingerprint density at radius 1 is 0.806 bits per heavy atom. The summed E-state index contributed by atoms with van der Waals surface area (Å²) in [6.07, 6.45) is 17.2. The summed E-state index contributed by atoms with van der Waals surface area (Å²) >= 11 is 5.55. The molecule has 0 aromatic rings. The van der Waals surface area contributed by atoms with Crippen molar-refractivity contribution in [2.45, 2.75) is 150 Å². The van der Waals surface area contributed by atoms with E-state index in [0.29, 0.717) is 17.7 Å². The van der Waals surface area contributed by atoms with E-state index in [1.165, 1.54) is 57.8 Å². The van der Waals surface area contributed by atoms with Gasteiger partial charge in [-0.15, -0.1) is 0 Å². The summed E-state index contributed by atoms with van der Waals surface area (Å²) in [5.41, 5.74) is -0.666. The van der Waals surface area contributed by atoms with Crippen LogP contribution in [0.5, 0.6) is 0 Å². The molecule has 0 amide bonds. The fraction of sp³-hybridized carbons (Fsp3) is 0.962. The average molecular weight is 456 g/mol. The third-order valence-corrected chi connectivity index (χ3v) is 5.52. The van der Waals surface area contributed by atoms with Gasteiger partial charge in [0.2, 0.25) is 0 Å². The van der Waals surface area contributed by atoms with Crippen molar-refractivity contribution in [1.29, 1.82) is 0 Å². The first-order valence-electron chi connectivity index (χ1n) is 13.0. The molecule has 0 saturated carbocycles. The second-order valence-electron chi connectivity index (χ2n) is 10.5. The van der Waals surface area contributed by atoms with E-state index in [1.807, 2.05) is 0 Å². The number of rotatable bonds is 18. The number of hydrogen-bond donors (Lipinski definition) is 1. The number of ether oxygens (including phenoxy) is 1. The van der Waals surface area contributed by atoms with E-state index in [9.17, 15) is 0 Å². The number of azo groups is 1. The van der Waals surface area contributed by atoms with E-state index in [4.69, 9.17) is 22.1 Å². The number of nitrogens with one attached hydrogen (secondary N) is 1. The van der Waals surface area contributed by atoms with Crippen molar-refractivity contribution < 1.29 is 4.74 Å². The lowest BCUT2D eigenvalue weighted by Gasteiger charge is -2.33. The van der Waals surface area contributed by atoms with Crippen LogP contribution < -0.4 is 5.32 Å². The summed E-state index contributed by atoms with van der Waals surface area (Å²) < 4.78 is 5.88. The summed E-state index contributed by atoms with van der Waals surface area (Å²) in [5.74, 6) is 0.494. The van der Waals surface area contributed by atoms with Crippen LogP contribution in [0.2, 0.25) is 0 Å². The summed E-state index contributed by atoms with van der Waals surface area (Å²) in [6.45, 7) is 15.9. The van der Waals surface area contributed by atoms with Crippen molar-refractivity contribution >= 4 is 17.4 Å². The Hall–Kier alpha value is -0.710. The third-order valence-electron chi connectivity index (χ3n) is 5.30. The Morgan fingerprint density at radius 2 is 1.32 bits per heavy atom. The maximum absolute atomic E-state index is 5.88. The maximum atomic E-state index is 5.88. The minimum absolute atomic E-state index is 0.200. The molecule has 0 saturated heterocycles.